The molecule has 0 spiro atoms. The van der Waals surface area contributed by atoms with Gasteiger partial charge in [-0.2, -0.15) is 0 Å². The first-order valence-corrected chi connectivity index (χ1v) is 5.92. The number of nitrogens with two attached hydrogens (primary N) is 1. The van der Waals surface area contributed by atoms with Crippen LogP contribution in [0.5, 0.6) is 0 Å². The fraction of sp³-hybridized carbons (Fsp3) is 0.917. The zero-order valence-corrected chi connectivity index (χ0v) is 10.5. The van der Waals surface area contributed by atoms with Gasteiger partial charge < -0.3 is 15.2 Å². The summed E-state index contributed by atoms with van der Waals surface area (Å²) in [5, 5.41) is 0. The van der Waals surface area contributed by atoms with Crippen LogP contribution >= 0.6 is 0 Å². The summed E-state index contributed by atoms with van der Waals surface area (Å²) in [4.78, 5) is 11.6. The van der Waals surface area contributed by atoms with E-state index in [1.165, 1.54) is 7.11 Å². The third-order valence-electron chi connectivity index (χ3n) is 3.33. The van der Waals surface area contributed by atoms with Crippen molar-refractivity contribution in [1.82, 2.24) is 0 Å². The highest BCUT2D eigenvalue weighted by Crippen LogP contribution is 2.36. The third-order valence-corrected chi connectivity index (χ3v) is 3.33. The van der Waals surface area contributed by atoms with Crippen molar-refractivity contribution < 1.29 is 14.3 Å². The fourth-order valence-corrected chi connectivity index (χ4v) is 2.02. The number of hydrogen-bond acceptors (Lipinski definition) is 4. The van der Waals surface area contributed by atoms with Crippen LogP contribution in [0.3, 0.4) is 0 Å². The van der Waals surface area contributed by atoms with E-state index in [1.54, 1.807) is 0 Å². The zero-order valence-electron chi connectivity index (χ0n) is 10.5. The Hall–Kier alpha value is -0.610. The number of carbonyl (C=O) groups excluding carboxylic acids is 1. The van der Waals surface area contributed by atoms with Crippen LogP contribution in [0.2, 0.25) is 0 Å². The second kappa shape index (κ2) is 5.64. The maximum Gasteiger partial charge on any atom is 0.336 e. The summed E-state index contributed by atoms with van der Waals surface area (Å²) in [6.45, 7) is 4.68. The van der Waals surface area contributed by atoms with E-state index in [-0.39, 0.29) is 18.6 Å². The average Bonchev–Trinajstić information content (AvgIpc) is 2.23. The van der Waals surface area contributed by atoms with Gasteiger partial charge in [-0.05, 0) is 31.1 Å². The molecule has 0 aromatic heterocycles. The summed E-state index contributed by atoms with van der Waals surface area (Å²) >= 11 is 0. The lowest BCUT2D eigenvalue weighted by atomic mass is 9.76. The van der Waals surface area contributed by atoms with Gasteiger partial charge in [0.15, 0.2) is 6.10 Å². The SMILES string of the molecule is COC(CN)C(=O)OC1CCC(C)(C)CC1. The molecule has 94 valence electrons. The number of hydrogen-bond donors (Lipinski definition) is 1. The Kier molecular flexibility index (Phi) is 4.74. The normalized spacial score (nSPS) is 22.8. The molecule has 16 heavy (non-hydrogen) atoms. The predicted octanol–water partition coefficient (Wildman–Crippen LogP) is 1.47. The maximum atomic E-state index is 11.6. The fourth-order valence-electron chi connectivity index (χ4n) is 2.02. The second-order valence-electron chi connectivity index (χ2n) is 5.26. The molecule has 0 saturated heterocycles. The van der Waals surface area contributed by atoms with Crippen LogP contribution in [0.1, 0.15) is 39.5 Å². The van der Waals surface area contributed by atoms with Crippen molar-refractivity contribution in [2.75, 3.05) is 13.7 Å². The largest absolute Gasteiger partial charge is 0.460 e. The van der Waals surface area contributed by atoms with Crippen LogP contribution in [-0.2, 0) is 14.3 Å². The Labute approximate surface area is 97.5 Å². The van der Waals surface area contributed by atoms with E-state index >= 15 is 0 Å². The highest BCUT2D eigenvalue weighted by molar-refractivity contribution is 5.75. The first-order valence-electron chi connectivity index (χ1n) is 5.92. The Bertz CT molecular complexity index is 226. The summed E-state index contributed by atoms with van der Waals surface area (Å²) in [6, 6.07) is 0. The molecule has 1 saturated carbocycles. The highest BCUT2D eigenvalue weighted by atomic mass is 16.6. The number of esters is 1. The highest BCUT2D eigenvalue weighted by Gasteiger charge is 2.30. The van der Waals surface area contributed by atoms with E-state index in [0.29, 0.717) is 5.41 Å². The summed E-state index contributed by atoms with van der Waals surface area (Å²) in [5.41, 5.74) is 5.79. The van der Waals surface area contributed by atoms with E-state index in [4.69, 9.17) is 15.2 Å². The molecule has 1 fully saturated rings. The topological polar surface area (TPSA) is 61.5 Å². The van der Waals surface area contributed by atoms with Gasteiger partial charge >= 0.3 is 5.97 Å². The van der Waals surface area contributed by atoms with Gasteiger partial charge in [-0.3, -0.25) is 0 Å². The zero-order chi connectivity index (χ0) is 12.2. The molecule has 0 aromatic rings. The molecule has 0 amide bonds. The predicted molar refractivity (Wildman–Crippen MR) is 62.0 cm³/mol. The first-order chi connectivity index (χ1) is 7.48. The van der Waals surface area contributed by atoms with E-state index in [2.05, 4.69) is 13.8 Å². The lowest BCUT2D eigenvalue weighted by molar-refractivity contribution is -0.162. The molecule has 4 nitrogen and oxygen atoms in total. The molecular formula is C12H23NO3. The van der Waals surface area contributed by atoms with Crippen molar-refractivity contribution >= 4 is 5.97 Å². The van der Waals surface area contributed by atoms with Crippen molar-refractivity contribution in [1.29, 1.82) is 0 Å². The van der Waals surface area contributed by atoms with Crippen molar-refractivity contribution in [2.24, 2.45) is 11.1 Å². The minimum Gasteiger partial charge on any atom is -0.460 e. The standard InChI is InChI=1S/C12H23NO3/c1-12(2)6-4-9(5-7-12)16-11(14)10(8-13)15-3/h9-10H,4-8,13H2,1-3H3. The van der Waals surface area contributed by atoms with E-state index < -0.39 is 6.10 Å². The lowest BCUT2D eigenvalue weighted by Crippen LogP contribution is -2.37. The van der Waals surface area contributed by atoms with Gasteiger partial charge in [0.2, 0.25) is 0 Å². The first kappa shape index (κ1) is 13.5. The average molecular weight is 229 g/mol. The second-order valence-corrected chi connectivity index (χ2v) is 5.26. The Morgan fingerprint density at radius 2 is 2.00 bits per heavy atom. The van der Waals surface area contributed by atoms with E-state index in [1.807, 2.05) is 0 Å². The quantitative estimate of drug-likeness (QED) is 0.742. The molecule has 2 N–H and O–H groups in total. The van der Waals surface area contributed by atoms with Gasteiger partial charge in [-0.15, -0.1) is 0 Å². The number of rotatable bonds is 4. The molecule has 4 heteroatoms. The maximum absolute atomic E-state index is 11.6. The van der Waals surface area contributed by atoms with Crippen molar-refractivity contribution in [2.45, 2.75) is 51.7 Å². The van der Waals surface area contributed by atoms with Gasteiger partial charge in [0.05, 0.1) is 0 Å². The minimum absolute atomic E-state index is 0.0460. The van der Waals surface area contributed by atoms with Crippen LogP contribution in [0.25, 0.3) is 0 Å². The Balaban J connectivity index is 2.36. The minimum atomic E-state index is -0.616. The monoisotopic (exact) mass is 229 g/mol. The van der Waals surface area contributed by atoms with Crippen molar-refractivity contribution in [3.05, 3.63) is 0 Å². The molecular weight excluding hydrogens is 206 g/mol. The van der Waals surface area contributed by atoms with Gasteiger partial charge in [-0.1, -0.05) is 13.8 Å². The summed E-state index contributed by atoms with van der Waals surface area (Å²) in [6.07, 6.45) is 3.52. The van der Waals surface area contributed by atoms with Crippen LogP contribution < -0.4 is 5.73 Å². The molecule has 0 heterocycles. The van der Waals surface area contributed by atoms with E-state index in [9.17, 15) is 4.79 Å². The third kappa shape index (κ3) is 3.76. The van der Waals surface area contributed by atoms with Crippen molar-refractivity contribution in [3.63, 3.8) is 0 Å². The van der Waals surface area contributed by atoms with Crippen LogP contribution in [0.15, 0.2) is 0 Å². The molecule has 1 aliphatic rings. The lowest BCUT2D eigenvalue weighted by Gasteiger charge is -2.34. The molecule has 0 radical (unpaired) electrons. The molecule has 0 aromatic carbocycles. The smallest absolute Gasteiger partial charge is 0.336 e. The summed E-state index contributed by atoms with van der Waals surface area (Å²) < 4.78 is 10.3. The van der Waals surface area contributed by atoms with Gasteiger partial charge in [-0.25, -0.2) is 4.79 Å². The number of methoxy groups -OCH3 is 1. The van der Waals surface area contributed by atoms with Gasteiger partial charge in [0.1, 0.15) is 6.10 Å². The molecule has 1 unspecified atom stereocenters. The summed E-state index contributed by atoms with van der Waals surface area (Å²) in [7, 11) is 1.47. The summed E-state index contributed by atoms with van der Waals surface area (Å²) in [5.74, 6) is -0.324. The molecule has 1 atom stereocenters. The van der Waals surface area contributed by atoms with Gasteiger partial charge in [0.25, 0.3) is 0 Å². The van der Waals surface area contributed by atoms with Crippen LogP contribution in [-0.4, -0.2) is 31.8 Å². The Morgan fingerprint density at radius 3 is 2.44 bits per heavy atom. The number of ether oxygens (including phenoxy) is 2. The van der Waals surface area contributed by atoms with Gasteiger partial charge in [0, 0.05) is 13.7 Å². The van der Waals surface area contributed by atoms with Crippen LogP contribution in [0, 0.1) is 5.41 Å². The number of carbonyl (C=O) groups is 1. The molecule has 0 aliphatic heterocycles. The van der Waals surface area contributed by atoms with Crippen LogP contribution in [0.4, 0.5) is 0 Å². The van der Waals surface area contributed by atoms with E-state index in [0.717, 1.165) is 25.7 Å². The molecule has 1 rings (SSSR count). The molecule has 0 bridgehead atoms. The van der Waals surface area contributed by atoms with Crippen molar-refractivity contribution in [3.8, 4) is 0 Å². The Morgan fingerprint density at radius 1 is 1.44 bits per heavy atom. The molecule has 1 aliphatic carbocycles.